The predicted molar refractivity (Wildman–Crippen MR) is 67.9 cm³/mol. The van der Waals surface area contributed by atoms with Crippen molar-refractivity contribution >= 4 is 10.0 Å². The molecule has 0 saturated carbocycles. The van der Waals surface area contributed by atoms with Gasteiger partial charge in [0.05, 0.1) is 5.75 Å². The molecule has 17 heavy (non-hydrogen) atoms. The van der Waals surface area contributed by atoms with Crippen molar-refractivity contribution in [2.24, 2.45) is 5.92 Å². The summed E-state index contributed by atoms with van der Waals surface area (Å²) in [5.74, 6) is -0.128. The molecular formula is C12H19NO3S. The first-order chi connectivity index (χ1) is 7.94. The van der Waals surface area contributed by atoms with E-state index >= 15 is 0 Å². The van der Waals surface area contributed by atoms with E-state index in [0.29, 0.717) is 0 Å². The van der Waals surface area contributed by atoms with E-state index in [-0.39, 0.29) is 24.3 Å². The van der Waals surface area contributed by atoms with Crippen LogP contribution in [-0.4, -0.2) is 26.2 Å². The minimum atomic E-state index is -3.35. The molecule has 4 nitrogen and oxygen atoms in total. The van der Waals surface area contributed by atoms with Crippen LogP contribution in [0.5, 0.6) is 0 Å². The Morgan fingerprint density at radius 3 is 2.35 bits per heavy atom. The SMILES string of the molecule is C[C@H](CO)[C@@H](C)NS(=O)(=O)Cc1ccccc1. The Bertz CT molecular complexity index is 430. The lowest BCUT2D eigenvalue weighted by Crippen LogP contribution is -2.38. The summed E-state index contributed by atoms with van der Waals surface area (Å²) in [5, 5.41) is 8.96. The highest BCUT2D eigenvalue weighted by Crippen LogP contribution is 2.07. The summed E-state index contributed by atoms with van der Waals surface area (Å²) < 4.78 is 26.2. The molecule has 5 heteroatoms. The molecule has 0 radical (unpaired) electrons. The summed E-state index contributed by atoms with van der Waals surface area (Å²) in [6.07, 6.45) is 0. The van der Waals surface area contributed by atoms with Gasteiger partial charge in [0.1, 0.15) is 0 Å². The van der Waals surface area contributed by atoms with Gasteiger partial charge in [-0.15, -0.1) is 0 Å². The zero-order chi connectivity index (χ0) is 12.9. The lowest BCUT2D eigenvalue weighted by Gasteiger charge is -2.19. The van der Waals surface area contributed by atoms with Crippen LogP contribution in [0.2, 0.25) is 0 Å². The first-order valence-corrected chi connectivity index (χ1v) is 7.24. The molecule has 0 unspecified atom stereocenters. The fourth-order valence-corrected chi connectivity index (χ4v) is 2.91. The summed E-state index contributed by atoms with van der Waals surface area (Å²) in [5.41, 5.74) is 0.754. The molecule has 0 bridgehead atoms. The van der Waals surface area contributed by atoms with E-state index in [4.69, 9.17) is 5.11 Å². The van der Waals surface area contributed by atoms with Gasteiger partial charge < -0.3 is 5.11 Å². The van der Waals surface area contributed by atoms with Gasteiger partial charge in [0.2, 0.25) is 10.0 Å². The molecule has 0 spiro atoms. The highest BCUT2D eigenvalue weighted by Gasteiger charge is 2.19. The minimum Gasteiger partial charge on any atom is -0.396 e. The quantitative estimate of drug-likeness (QED) is 0.802. The van der Waals surface area contributed by atoms with Gasteiger partial charge in [0.25, 0.3) is 0 Å². The molecule has 0 amide bonds. The fraction of sp³-hybridized carbons (Fsp3) is 0.500. The van der Waals surface area contributed by atoms with Crippen LogP contribution in [0.15, 0.2) is 30.3 Å². The lowest BCUT2D eigenvalue weighted by molar-refractivity contribution is 0.216. The van der Waals surface area contributed by atoms with Crippen molar-refractivity contribution in [3.63, 3.8) is 0 Å². The van der Waals surface area contributed by atoms with Gasteiger partial charge in [-0.05, 0) is 18.4 Å². The normalized spacial score (nSPS) is 15.5. The van der Waals surface area contributed by atoms with Gasteiger partial charge in [-0.25, -0.2) is 13.1 Å². The maximum absolute atomic E-state index is 11.8. The predicted octanol–water partition coefficient (Wildman–Crippen LogP) is 1.12. The topological polar surface area (TPSA) is 66.4 Å². The summed E-state index contributed by atoms with van der Waals surface area (Å²) in [4.78, 5) is 0. The molecular weight excluding hydrogens is 238 g/mol. The fourth-order valence-electron chi connectivity index (χ4n) is 1.39. The van der Waals surface area contributed by atoms with E-state index in [2.05, 4.69) is 4.72 Å². The van der Waals surface area contributed by atoms with Crippen molar-refractivity contribution in [2.45, 2.75) is 25.6 Å². The van der Waals surface area contributed by atoms with E-state index < -0.39 is 10.0 Å². The zero-order valence-electron chi connectivity index (χ0n) is 10.1. The molecule has 0 fully saturated rings. The van der Waals surface area contributed by atoms with Gasteiger partial charge in [0.15, 0.2) is 0 Å². The van der Waals surface area contributed by atoms with Crippen LogP contribution >= 0.6 is 0 Å². The minimum absolute atomic E-state index is 0.0314. The lowest BCUT2D eigenvalue weighted by atomic mass is 10.1. The van der Waals surface area contributed by atoms with Crippen LogP contribution in [0.1, 0.15) is 19.4 Å². The number of aliphatic hydroxyl groups is 1. The third-order valence-corrected chi connectivity index (χ3v) is 4.15. The Hall–Kier alpha value is -0.910. The number of sulfonamides is 1. The first kappa shape index (κ1) is 14.2. The van der Waals surface area contributed by atoms with Gasteiger partial charge in [-0.3, -0.25) is 0 Å². The average molecular weight is 257 g/mol. The van der Waals surface area contributed by atoms with Gasteiger partial charge >= 0.3 is 0 Å². The molecule has 1 aromatic carbocycles. The van der Waals surface area contributed by atoms with Crippen molar-refractivity contribution in [2.75, 3.05) is 6.61 Å². The van der Waals surface area contributed by atoms with Gasteiger partial charge in [-0.1, -0.05) is 37.3 Å². The first-order valence-electron chi connectivity index (χ1n) is 5.59. The number of benzene rings is 1. The Labute approximate surface area is 103 Å². The number of hydrogen-bond donors (Lipinski definition) is 2. The van der Waals surface area contributed by atoms with Gasteiger partial charge in [0, 0.05) is 12.6 Å². The Kier molecular flexibility index (Phi) is 5.11. The molecule has 0 aromatic heterocycles. The van der Waals surface area contributed by atoms with Gasteiger partial charge in [-0.2, -0.15) is 0 Å². The number of rotatable bonds is 6. The Morgan fingerprint density at radius 1 is 1.24 bits per heavy atom. The monoisotopic (exact) mass is 257 g/mol. The highest BCUT2D eigenvalue weighted by atomic mass is 32.2. The third-order valence-electron chi connectivity index (χ3n) is 2.71. The van der Waals surface area contributed by atoms with Crippen molar-refractivity contribution < 1.29 is 13.5 Å². The van der Waals surface area contributed by atoms with Crippen molar-refractivity contribution in [1.29, 1.82) is 0 Å². The molecule has 1 aromatic rings. The standard InChI is InChI=1S/C12H19NO3S/c1-10(8-14)11(2)13-17(15,16)9-12-6-4-3-5-7-12/h3-7,10-11,13-14H,8-9H2,1-2H3/t10-,11-/m1/s1. The van der Waals surface area contributed by atoms with Crippen LogP contribution in [0.25, 0.3) is 0 Å². The van der Waals surface area contributed by atoms with Crippen molar-refractivity contribution in [3.05, 3.63) is 35.9 Å². The molecule has 0 saturated heterocycles. The molecule has 2 N–H and O–H groups in total. The Balaban J connectivity index is 2.64. The van der Waals surface area contributed by atoms with Crippen LogP contribution in [0.4, 0.5) is 0 Å². The second kappa shape index (κ2) is 6.14. The van der Waals surface area contributed by atoms with Crippen molar-refractivity contribution in [3.8, 4) is 0 Å². The Morgan fingerprint density at radius 2 is 1.82 bits per heavy atom. The van der Waals surface area contributed by atoms with Crippen LogP contribution in [0, 0.1) is 5.92 Å². The number of nitrogens with one attached hydrogen (secondary N) is 1. The smallest absolute Gasteiger partial charge is 0.216 e. The molecule has 1 rings (SSSR count). The molecule has 2 atom stereocenters. The summed E-state index contributed by atoms with van der Waals surface area (Å²) in [6.45, 7) is 3.52. The van der Waals surface area contributed by atoms with Crippen LogP contribution in [0.3, 0.4) is 0 Å². The molecule has 0 aliphatic rings. The second-order valence-corrected chi connectivity index (χ2v) is 6.06. The van der Waals surface area contributed by atoms with E-state index in [1.165, 1.54) is 0 Å². The molecule has 96 valence electrons. The summed E-state index contributed by atoms with van der Waals surface area (Å²) >= 11 is 0. The van der Waals surface area contributed by atoms with E-state index in [9.17, 15) is 8.42 Å². The molecule has 0 aliphatic carbocycles. The molecule has 0 aliphatic heterocycles. The van der Waals surface area contributed by atoms with E-state index in [1.807, 2.05) is 18.2 Å². The van der Waals surface area contributed by atoms with Crippen LogP contribution < -0.4 is 4.72 Å². The van der Waals surface area contributed by atoms with Crippen molar-refractivity contribution in [1.82, 2.24) is 4.72 Å². The number of hydrogen-bond acceptors (Lipinski definition) is 3. The zero-order valence-corrected chi connectivity index (χ0v) is 10.9. The third kappa shape index (κ3) is 4.85. The maximum Gasteiger partial charge on any atom is 0.216 e. The molecule has 0 heterocycles. The number of aliphatic hydroxyl groups excluding tert-OH is 1. The summed E-state index contributed by atoms with van der Waals surface area (Å²) in [6, 6.07) is 8.75. The summed E-state index contributed by atoms with van der Waals surface area (Å²) in [7, 11) is -3.35. The van der Waals surface area contributed by atoms with E-state index in [0.717, 1.165) is 5.56 Å². The average Bonchev–Trinajstić information content (AvgIpc) is 2.27. The van der Waals surface area contributed by atoms with Crippen LogP contribution in [-0.2, 0) is 15.8 Å². The second-order valence-electron chi connectivity index (χ2n) is 4.31. The van der Waals surface area contributed by atoms with E-state index in [1.54, 1.807) is 26.0 Å². The maximum atomic E-state index is 11.8. The largest absolute Gasteiger partial charge is 0.396 e. The highest BCUT2D eigenvalue weighted by molar-refractivity contribution is 7.88.